The maximum absolute atomic E-state index is 12.7. The highest BCUT2D eigenvalue weighted by Crippen LogP contribution is 2.28. The van der Waals surface area contributed by atoms with E-state index >= 15 is 0 Å². The second-order valence-electron chi connectivity index (χ2n) is 6.08. The van der Waals surface area contributed by atoms with E-state index in [0.29, 0.717) is 36.4 Å². The van der Waals surface area contributed by atoms with Crippen LogP contribution in [0.4, 0.5) is 5.69 Å². The standard InChI is InChI=1S/C17H25N3O5S/c1-4-26(23,24)20-9-5-6-13(11-20)17(22)19-14-10-12(16(21)18-2)7-8-15(14)25-3/h7-8,10,13H,4-6,9,11H2,1-3H3,(H,18,21)(H,19,22)/t13-/m0/s1. The number of hydrogen-bond donors (Lipinski definition) is 2. The number of nitrogens with zero attached hydrogens (tertiary/aromatic N) is 1. The molecule has 1 aliphatic heterocycles. The molecule has 0 aromatic heterocycles. The lowest BCUT2D eigenvalue weighted by Crippen LogP contribution is -2.44. The van der Waals surface area contributed by atoms with Crippen molar-refractivity contribution in [1.82, 2.24) is 9.62 Å². The maximum atomic E-state index is 12.7. The summed E-state index contributed by atoms with van der Waals surface area (Å²) in [6, 6.07) is 4.75. The second-order valence-corrected chi connectivity index (χ2v) is 8.34. The Morgan fingerprint density at radius 3 is 2.69 bits per heavy atom. The summed E-state index contributed by atoms with van der Waals surface area (Å²) in [7, 11) is -0.323. The molecule has 26 heavy (non-hydrogen) atoms. The number of piperidine rings is 1. The summed E-state index contributed by atoms with van der Waals surface area (Å²) < 4.78 is 30.7. The van der Waals surface area contributed by atoms with Crippen LogP contribution in [0.15, 0.2) is 18.2 Å². The van der Waals surface area contributed by atoms with Gasteiger partial charge in [-0.05, 0) is 38.0 Å². The highest BCUT2D eigenvalue weighted by Gasteiger charge is 2.31. The fourth-order valence-electron chi connectivity index (χ4n) is 2.92. The van der Waals surface area contributed by atoms with E-state index < -0.39 is 15.9 Å². The molecule has 1 aromatic carbocycles. The van der Waals surface area contributed by atoms with Gasteiger partial charge in [0.05, 0.1) is 24.5 Å². The van der Waals surface area contributed by atoms with Crippen LogP contribution in [0.3, 0.4) is 0 Å². The topological polar surface area (TPSA) is 105 Å². The van der Waals surface area contributed by atoms with Crippen LogP contribution in [-0.4, -0.2) is 57.5 Å². The van der Waals surface area contributed by atoms with Gasteiger partial charge in [-0.15, -0.1) is 0 Å². The molecule has 8 nitrogen and oxygen atoms in total. The third-order valence-electron chi connectivity index (χ3n) is 4.46. The lowest BCUT2D eigenvalue weighted by Gasteiger charge is -2.31. The molecular weight excluding hydrogens is 358 g/mol. The summed E-state index contributed by atoms with van der Waals surface area (Å²) in [5.74, 6) is -0.559. The number of sulfonamides is 1. The van der Waals surface area contributed by atoms with Crippen LogP contribution in [0.25, 0.3) is 0 Å². The molecule has 1 aliphatic rings. The van der Waals surface area contributed by atoms with E-state index in [0.717, 1.165) is 0 Å². The molecule has 0 bridgehead atoms. The van der Waals surface area contributed by atoms with Crippen molar-refractivity contribution in [3.8, 4) is 5.75 Å². The van der Waals surface area contributed by atoms with E-state index in [4.69, 9.17) is 4.74 Å². The molecule has 2 rings (SSSR count). The molecule has 9 heteroatoms. The van der Waals surface area contributed by atoms with E-state index in [1.165, 1.54) is 18.5 Å². The molecule has 1 atom stereocenters. The van der Waals surface area contributed by atoms with Crippen LogP contribution in [0.2, 0.25) is 0 Å². The first-order chi connectivity index (χ1) is 12.3. The van der Waals surface area contributed by atoms with Crippen LogP contribution < -0.4 is 15.4 Å². The zero-order valence-electron chi connectivity index (χ0n) is 15.2. The molecule has 0 aliphatic carbocycles. The Balaban J connectivity index is 2.17. The van der Waals surface area contributed by atoms with Gasteiger partial charge in [-0.2, -0.15) is 0 Å². The van der Waals surface area contributed by atoms with Gasteiger partial charge in [-0.1, -0.05) is 0 Å². The number of benzene rings is 1. The first-order valence-corrected chi connectivity index (χ1v) is 10.1. The molecule has 1 fully saturated rings. The predicted octanol–water partition coefficient (Wildman–Crippen LogP) is 1.06. The number of rotatable bonds is 6. The van der Waals surface area contributed by atoms with E-state index in [1.54, 1.807) is 25.1 Å². The summed E-state index contributed by atoms with van der Waals surface area (Å²) in [4.78, 5) is 24.5. The number of nitrogens with one attached hydrogen (secondary N) is 2. The van der Waals surface area contributed by atoms with Crippen LogP contribution in [0, 0.1) is 5.92 Å². The average Bonchev–Trinajstić information content (AvgIpc) is 2.67. The van der Waals surface area contributed by atoms with Gasteiger partial charge < -0.3 is 15.4 Å². The predicted molar refractivity (Wildman–Crippen MR) is 98.8 cm³/mol. The smallest absolute Gasteiger partial charge is 0.251 e. The van der Waals surface area contributed by atoms with E-state index in [2.05, 4.69) is 10.6 Å². The molecule has 0 saturated carbocycles. The second kappa shape index (κ2) is 8.50. The maximum Gasteiger partial charge on any atom is 0.251 e. The number of carbonyl (C=O) groups is 2. The van der Waals surface area contributed by atoms with Gasteiger partial charge in [0, 0.05) is 25.7 Å². The third-order valence-corrected chi connectivity index (χ3v) is 6.31. The monoisotopic (exact) mass is 383 g/mol. The quantitative estimate of drug-likeness (QED) is 0.764. The Bertz CT molecular complexity index is 779. The summed E-state index contributed by atoms with van der Waals surface area (Å²) >= 11 is 0. The van der Waals surface area contributed by atoms with E-state index in [-0.39, 0.29) is 24.1 Å². The Morgan fingerprint density at radius 1 is 1.35 bits per heavy atom. The van der Waals surface area contributed by atoms with Crippen molar-refractivity contribution in [2.24, 2.45) is 5.92 Å². The summed E-state index contributed by atoms with van der Waals surface area (Å²) in [6.07, 6.45) is 1.24. The number of hydrogen-bond acceptors (Lipinski definition) is 5. The fraction of sp³-hybridized carbons (Fsp3) is 0.529. The van der Waals surface area contributed by atoms with Crippen molar-refractivity contribution in [2.75, 3.05) is 38.3 Å². The van der Waals surface area contributed by atoms with Crippen molar-refractivity contribution in [3.63, 3.8) is 0 Å². The van der Waals surface area contributed by atoms with Crippen molar-refractivity contribution in [3.05, 3.63) is 23.8 Å². The number of amides is 2. The zero-order valence-corrected chi connectivity index (χ0v) is 16.1. The molecule has 1 saturated heterocycles. The lowest BCUT2D eigenvalue weighted by molar-refractivity contribution is -0.120. The summed E-state index contributed by atoms with van der Waals surface area (Å²) in [6.45, 7) is 2.20. The summed E-state index contributed by atoms with van der Waals surface area (Å²) in [5, 5.41) is 5.30. The average molecular weight is 383 g/mol. The van der Waals surface area contributed by atoms with E-state index in [9.17, 15) is 18.0 Å². The van der Waals surface area contributed by atoms with Crippen molar-refractivity contribution >= 4 is 27.5 Å². The number of ether oxygens (including phenoxy) is 1. The number of carbonyl (C=O) groups excluding carboxylic acids is 2. The molecule has 2 amide bonds. The van der Waals surface area contributed by atoms with Gasteiger partial charge in [0.15, 0.2) is 0 Å². The Labute approximate surface area is 153 Å². The molecule has 1 aromatic rings. The normalized spacial score (nSPS) is 18.2. The zero-order chi connectivity index (χ0) is 19.3. The van der Waals surface area contributed by atoms with Crippen LogP contribution >= 0.6 is 0 Å². The molecule has 144 valence electrons. The Hall–Kier alpha value is -2.13. The highest BCUT2D eigenvalue weighted by atomic mass is 32.2. The molecule has 1 heterocycles. The fourth-order valence-corrected chi connectivity index (χ4v) is 4.10. The molecule has 0 unspecified atom stereocenters. The number of methoxy groups -OCH3 is 1. The van der Waals surface area contributed by atoms with Crippen LogP contribution in [0.5, 0.6) is 5.75 Å². The number of anilines is 1. The Kier molecular flexibility index (Phi) is 6.60. The molecular formula is C17H25N3O5S. The SMILES string of the molecule is CCS(=O)(=O)N1CCC[C@H](C(=O)Nc2cc(C(=O)NC)ccc2OC)C1. The van der Waals surface area contributed by atoms with Crippen molar-refractivity contribution in [2.45, 2.75) is 19.8 Å². The highest BCUT2D eigenvalue weighted by molar-refractivity contribution is 7.89. The van der Waals surface area contributed by atoms with Crippen molar-refractivity contribution < 1.29 is 22.7 Å². The van der Waals surface area contributed by atoms with E-state index in [1.807, 2.05) is 0 Å². The first kappa shape index (κ1) is 20.2. The van der Waals surface area contributed by atoms with Crippen molar-refractivity contribution in [1.29, 1.82) is 0 Å². The van der Waals surface area contributed by atoms with Gasteiger partial charge >= 0.3 is 0 Å². The minimum atomic E-state index is -3.32. The van der Waals surface area contributed by atoms with Crippen LogP contribution in [-0.2, 0) is 14.8 Å². The van der Waals surface area contributed by atoms with Gasteiger partial charge in [0.25, 0.3) is 5.91 Å². The van der Waals surface area contributed by atoms with Gasteiger partial charge in [-0.3, -0.25) is 9.59 Å². The van der Waals surface area contributed by atoms with Gasteiger partial charge in [0.2, 0.25) is 15.9 Å². The minimum Gasteiger partial charge on any atom is -0.495 e. The lowest BCUT2D eigenvalue weighted by atomic mass is 9.98. The van der Waals surface area contributed by atoms with Gasteiger partial charge in [0.1, 0.15) is 5.75 Å². The van der Waals surface area contributed by atoms with Gasteiger partial charge in [-0.25, -0.2) is 12.7 Å². The molecule has 2 N–H and O–H groups in total. The largest absolute Gasteiger partial charge is 0.495 e. The Morgan fingerprint density at radius 2 is 2.08 bits per heavy atom. The third kappa shape index (κ3) is 4.53. The molecule has 0 spiro atoms. The minimum absolute atomic E-state index is 0.0172. The first-order valence-electron chi connectivity index (χ1n) is 8.51. The van der Waals surface area contributed by atoms with Crippen LogP contribution in [0.1, 0.15) is 30.1 Å². The molecule has 0 radical (unpaired) electrons. The summed E-state index contributed by atoms with van der Waals surface area (Å²) in [5.41, 5.74) is 0.775.